The summed E-state index contributed by atoms with van der Waals surface area (Å²) < 4.78 is 7.23. The van der Waals surface area contributed by atoms with Crippen LogP contribution in [-0.4, -0.2) is 26.8 Å². The average Bonchev–Trinajstić information content (AvgIpc) is 4.07. The van der Waals surface area contributed by atoms with Gasteiger partial charge in [-0.05, 0) is 104 Å². The van der Waals surface area contributed by atoms with E-state index in [4.69, 9.17) is 4.98 Å². The van der Waals surface area contributed by atoms with Gasteiger partial charge in [-0.1, -0.05) is 188 Å². The highest BCUT2D eigenvalue weighted by Gasteiger charge is 2.42. The van der Waals surface area contributed by atoms with Crippen LogP contribution >= 0.6 is 11.8 Å². The fourth-order valence-electron chi connectivity index (χ4n) is 11.3. The molecule has 4 nitrogen and oxygen atoms in total. The third-order valence-electron chi connectivity index (χ3n) is 14.3. The average molecular weight is 903 g/mol. The molecule has 0 spiro atoms. The number of hydrogen-bond donors (Lipinski definition) is 0. The molecule has 4 heterocycles. The highest BCUT2D eigenvalue weighted by atomic mass is 32.2. The number of imidazole rings is 1. The molecule has 0 bridgehead atoms. The molecule has 0 amide bonds. The Balaban J connectivity index is 0.958. The van der Waals surface area contributed by atoms with E-state index >= 15 is 0 Å². The second-order valence-electron chi connectivity index (χ2n) is 17.9. The van der Waals surface area contributed by atoms with Gasteiger partial charge in [-0.3, -0.25) is 4.57 Å². The van der Waals surface area contributed by atoms with Crippen molar-refractivity contribution in [2.45, 2.75) is 10.9 Å². The zero-order valence-corrected chi connectivity index (χ0v) is 38.8. The summed E-state index contributed by atoms with van der Waals surface area (Å²) in [5.41, 5.74) is 14.2. The second kappa shape index (κ2) is 15.5. The van der Waals surface area contributed by atoms with Crippen LogP contribution in [0.15, 0.2) is 248 Å². The van der Waals surface area contributed by atoms with Crippen molar-refractivity contribution in [2.75, 3.05) is 0 Å². The molecule has 0 fully saturated rings. The molecule has 1 aliphatic rings. The van der Waals surface area contributed by atoms with Gasteiger partial charge in [0.2, 0.25) is 0 Å². The number of benzene rings is 10. The third-order valence-corrected chi connectivity index (χ3v) is 20.0. The van der Waals surface area contributed by atoms with Crippen LogP contribution in [0, 0.1) is 0 Å². The zero-order valence-electron chi connectivity index (χ0n) is 37.0. The molecular weight excluding hydrogens is 861 g/mol. The smallest absolute Gasteiger partial charge is 0.179 e. The van der Waals surface area contributed by atoms with Gasteiger partial charge in [0, 0.05) is 38.7 Å². The molecule has 14 rings (SSSR count). The number of para-hydroxylation sites is 4. The van der Waals surface area contributed by atoms with E-state index in [1.165, 1.54) is 81.2 Å². The van der Waals surface area contributed by atoms with Crippen molar-refractivity contribution in [3.8, 4) is 28.2 Å². The van der Waals surface area contributed by atoms with Gasteiger partial charge in [0.05, 0.1) is 38.8 Å². The molecule has 0 aliphatic carbocycles. The number of fused-ring (bicyclic) bond motifs is 11. The first kappa shape index (κ1) is 39.0. The summed E-state index contributed by atoms with van der Waals surface area (Å²) in [6.45, 7) is 0. The van der Waals surface area contributed by atoms with Crippen LogP contribution in [0.25, 0.3) is 82.8 Å². The van der Waals surface area contributed by atoms with Crippen molar-refractivity contribution < 1.29 is 0 Å². The van der Waals surface area contributed by atoms with Crippen LogP contribution in [0.1, 0.15) is 5.56 Å². The Kier molecular flexibility index (Phi) is 8.88. The minimum Gasteiger partial charge on any atom is -0.309 e. The SMILES string of the molecule is c1ccc([Si](c2ccccc2)(c2cccc(-c3ccc4c(c3)nc3n4-c4ccccc4CS3)c2)c2cccc(-n3c4ccccc4c4cc(-n5c6ccccc6c6ccccc65)ccc43)c2)cc1. The van der Waals surface area contributed by atoms with E-state index in [-0.39, 0.29) is 0 Å². The minimum absolute atomic E-state index is 0.933. The van der Waals surface area contributed by atoms with Crippen LogP contribution in [0.4, 0.5) is 0 Å². The standard InChI is InChI=1S/C62H42N4SSi/c1-3-20-47(21-4-1)68(48-22-5-2-6-23-48,49-24-15-18-42(37-49)43-33-35-61-55(38-43)63-62-66(61)56-29-11-7-17-44(56)41-67-62)50-25-16-19-45(39-50)64-59-32-14-10-28-53(59)54-40-46(34-36-60(54)64)65-57-30-12-8-26-51(57)52-27-9-13-31-58(52)65/h1-40H,41H2. The lowest BCUT2D eigenvalue weighted by atomic mass is 10.1. The Morgan fingerprint density at radius 2 is 0.868 bits per heavy atom. The Bertz CT molecular complexity index is 4020. The highest BCUT2D eigenvalue weighted by Crippen LogP contribution is 2.39. The molecule has 0 radical (unpaired) electrons. The maximum Gasteiger partial charge on any atom is 0.179 e. The summed E-state index contributed by atoms with van der Waals surface area (Å²) in [6.07, 6.45) is 0. The summed E-state index contributed by atoms with van der Waals surface area (Å²) in [5, 5.41) is 11.4. The fraction of sp³-hybridized carbons (Fsp3) is 0.0161. The number of rotatable bonds is 7. The van der Waals surface area contributed by atoms with Gasteiger partial charge in [0.25, 0.3) is 0 Å². The lowest BCUT2D eigenvalue weighted by Gasteiger charge is -2.35. The minimum atomic E-state index is -2.98. The Hall–Kier alpha value is -8.16. The van der Waals surface area contributed by atoms with Crippen LogP contribution in [0.3, 0.4) is 0 Å². The monoisotopic (exact) mass is 902 g/mol. The lowest BCUT2D eigenvalue weighted by molar-refractivity contribution is 0.894. The Morgan fingerprint density at radius 3 is 1.56 bits per heavy atom. The van der Waals surface area contributed by atoms with E-state index in [1.807, 2.05) is 11.8 Å². The molecule has 3 aromatic heterocycles. The van der Waals surface area contributed by atoms with Crippen molar-refractivity contribution in [2.24, 2.45) is 0 Å². The fourth-order valence-corrected chi connectivity index (χ4v) is 17.2. The predicted octanol–water partition coefficient (Wildman–Crippen LogP) is 12.9. The lowest BCUT2D eigenvalue weighted by Crippen LogP contribution is -2.74. The number of thioether (sulfide) groups is 1. The normalized spacial score (nSPS) is 12.6. The van der Waals surface area contributed by atoms with E-state index in [0.29, 0.717) is 0 Å². The maximum absolute atomic E-state index is 5.20. The number of nitrogens with zero attached hydrogens (tertiary/aromatic N) is 4. The molecule has 1 aliphatic heterocycles. The van der Waals surface area contributed by atoms with Gasteiger partial charge in [0.1, 0.15) is 0 Å². The molecule has 6 heteroatoms. The van der Waals surface area contributed by atoms with Crippen LogP contribution < -0.4 is 20.7 Å². The van der Waals surface area contributed by atoms with Gasteiger partial charge < -0.3 is 9.13 Å². The van der Waals surface area contributed by atoms with Crippen molar-refractivity contribution in [1.82, 2.24) is 18.7 Å². The molecule has 0 saturated heterocycles. The molecule has 0 N–H and O–H groups in total. The first-order chi connectivity index (χ1) is 33.7. The van der Waals surface area contributed by atoms with Crippen molar-refractivity contribution in [3.05, 3.63) is 248 Å². The Labute approximate surface area is 399 Å². The molecule has 68 heavy (non-hydrogen) atoms. The van der Waals surface area contributed by atoms with Crippen LogP contribution in [-0.2, 0) is 5.75 Å². The van der Waals surface area contributed by atoms with E-state index in [1.54, 1.807) is 0 Å². The van der Waals surface area contributed by atoms with E-state index < -0.39 is 8.07 Å². The second-order valence-corrected chi connectivity index (χ2v) is 22.6. The van der Waals surface area contributed by atoms with Crippen molar-refractivity contribution >= 4 is 95.2 Å². The maximum atomic E-state index is 5.20. The first-order valence-corrected chi connectivity index (χ1v) is 26.3. The van der Waals surface area contributed by atoms with Crippen LogP contribution in [0.2, 0.25) is 0 Å². The van der Waals surface area contributed by atoms with Gasteiger partial charge >= 0.3 is 0 Å². The van der Waals surface area contributed by atoms with E-state index in [9.17, 15) is 0 Å². The molecule has 10 aromatic carbocycles. The summed E-state index contributed by atoms with van der Waals surface area (Å²) in [4.78, 5) is 5.20. The van der Waals surface area contributed by atoms with Crippen molar-refractivity contribution in [1.29, 1.82) is 0 Å². The largest absolute Gasteiger partial charge is 0.309 e. The van der Waals surface area contributed by atoms with Gasteiger partial charge in [-0.15, -0.1) is 0 Å². The van der Waals surface area contributed by atoms with E-state index in [2.05, 4.69) is 256 Å². The molecule has 0 saturated carbocycles. The first-order valence-electron chi connectivity index (χ1n) is 23.3. The molecule has 0 atom stereocenters. The molecular formula is C62H42N4SSi. The van der Waals surface area contributed by atoms with Gasteiger partial charge in [-0.25, -0.2) is 4.98 Å². The predicted molar refractivity (Wildman–Crippen MR) is 288 cm³/mol. The molecule has 320 valence electrons. The summed E-state index contributed by atoms with van der Waals surface area (Å²) in [7, 11) is -2.98. The molecule has 13 aromatic rings. The number of hydrogen-bond acceptors (Lipinski definition) is 2. The summed E-state index contributed by atoms with van der Waals surface area (Å²) >= 11 is 1.81. The highest BCUT2D eigenvalue weighted by molar-refractivity contribution is 7.98. The third kappa shape index (κ3) is 5.84. The number of aromatic nitrogens is 4. The van der Waals surface area contributed by atoms with Crippen molar-refractivity contribution in [3.63, 3.8) is 0 Å². The zero-order chi connectivity index (χ0) is 44.8. The van der Waals surface area contributed by atoms with E-state index in [0.717, 1.165) is 38.9 Å². The topological polar surface area (TPSA) is 27.7 Å². The Morgan fingerprint density at radius 1 is 0.353 bits per heavy atom. The summed E-state index contributed by atoms with van der Waals surface area (Å²) in [6, 6.07) is 90.3. The van der Waals surface area contributed by atoms with Crippen LogP contribution in [0.5, 0.6) is 0 Å². The van der Waals surface area contributed by atoms with Gasteiger partial charge in [-0.2, -0.15) is 0 Å². The summed E-state index contributed by atoms with van der Waals surface area (Å²) in [5.74, 6) is 0.933. The molecule has 0 unspecified atom stereocenters. The van der Waals surface area contributed by atoms with Gasteiger partial charge in [0.15, 0.2) is 13.2 Å². The quantitative estimate of drug-likeness (QED) is 0.118.